The first-order chi connectivity index (χ1) is 7.75. The monoisotopic (exact) mass is 277 g/mol. The Labute approximate surface area is 103 Å². The fourth-order valence-corrected chi connectivity index (χ4v) is 1.78. The number of aromatic nitrogens is 2. The topological polar surface area (TPSA) is 37.8 Å². The van der Waals surface area contributed by atoms with Gasteiger partial charge in [0.2, 0.25) is 0 Å². The van der Waals surface area contributed by atoms with Crippen LogP contribution in [-0.4, -0.2) is 9.97 Å². The molecule has 4 heteroatoms. The van der Waals surface area contributed by atoms with Crippen LogP contribution in [0, 0.1) is 6.92 Å². The molecule has 3 nitrogen and oxygen atoms in total. The SMILES string of the molecule is Cc1cccc(CNc2ncccc2Br)n1. The number of nitrogens with one attached hydrogen (secondary N) is 1. The summed E-state index contributed by atoms with van der Waals surface area (Å²) in [4.78, 5) is 8.64. The summed E-state index contributed by atoms with van der Waals surface area (Å²) in [6.07, 6.45) is 1.76. The third kappa shape index (κ3) is 2.79. The van der Waals surface area contributed by atoms with Crippen LogP contribution >= 0.6 is 15.9 Å². The van der Waals surface area contributed by atoms with Crippen LogP contribution in [0.4, 0.5) is 5.82 Å². The lowest BCUT2D eigenvalue weighted by Gasteiger charge is -2.06. The molecular formula is C12H12BrN3. The number of rotatable bonds is 3. The van der Waals surface area contributed by atoms with Crippen molar-refractivity contribution >= 4 is 21.7 Å². The zero-order valence-electron chi connectivity index (χ0n) is 8.94. The van der Waals surface area contributed by atoms with Crippen LogP contribution in [0.5, 0.6) is 0 Å². The summed E-state index contributed by atoms with van der Waals surface area (Å²) in [6.45, 7) is 2.66. The molecule has 0 amide bonds. The van der Waals surface area contributed by atoms with Crippen molar-refractivity contribution in [2.75, 3.05) is 5.32 Å². The minimum absolute atomic E-state index is 0.678. The number of halogens is 1. The average molecular weight is 278 g/mol. The highest BCUT2D eigenvalue weighted by Gasteiger charge is 2.00. The Morgan fingerprint density at radius 3 is 2.88 bits per heavy atom. The molecule has 2 heterocycles. The highest BCUT2D eigenvalue weighted by atomic mass is 79.9. The van der Waals surface area contributed by atoms with Crippen molar-refractivity contribution in [3.8, 4) is 0 Å². The predicted octanol–water partition coefficient (Wildman–Crippen LogP) is 3.16. The lowest BCUT2D eigenvalue weighted by molar-refractivity contribution is 1.00. The summed E-state index contributed by atoms with van der Waals surface area (Å²) >= 11 is 3.44. The van der Waals surface area contributed by atoms with Gasteiger partial charge in [-0.05, 0) is 47.1 Å². The van der Waals surface area contributed by atoms with Crippen LogP contribution in [0.25, 0.3) is 0 Å². The van der Waals surface area contributed by atoms with Crippen molar-refractivity contribution in [1.29, 1.82) is 0 Å². The van der Waals surface area contributed by atoms with E-state index in [9.17, 15) is 0 Å². The Hall–Kier alpha value is -1.42. The summed E-state index contributed by atoms with van der Waals surface area (Å²) in [6, 6.07) is 9.84. The molecule has 2 aromatic heterocycles. The van der Waals surface area contributed by atoms with E-state index in [0.717, 1.165) is 21.7 Å². The molecule has 0 saturated carbocycles. The van der Waals surface area contributed by atoms with E-state index >= 15 is 0 Å². The molecule has 0 aliphatic heterocycles. The van der Waals surface area contributed by atoms with Gasteiger partial charge in [0.05, 0.1) is 16.7 Å². The molecule has 0 saturated heterocycles. The van der Waals surface area contributed by atoms with Gasteiger partial charge in [-0.1, -0.05) is 6.07 Å². The lowest BCUT2D eigenvalue weighted by atomic mass is 10.3. The second kappa shape index (κ2) is 5.07. The van der Waals surface area contributed by atoms with E-state index in [1.54, 1.807) is 6.20 Å². The molecule has 2 aromatic rings. The van der Waals surface area contributed by atoms with Gasteiger partial charge in [-0.15, -0.1) is 0 Å². The maximum atomic E-state index is 4.41. The zero-order chi connectivity index (χ0) is 11.4. The molecule has 0 atom stereocenters. The number of hydrogen-bond donors (Lipinski definition) is 1. The molecule has 0 aliphatic rings. The summed E-state index contributed by atoms with van der Waals surface area (Å²) in [5, 5.41) is 3.24. The van der Waals surface area contributed by atoms with Crippen molar-refractivity contribution < 1.29 is 0 Å². The summed E-state index contributed by atoms with van der Waals surface area (Å²) in [5.74, 6) is 0.839. The van der Waals surface area contributed by atoms with Crippen molar-refractivity contribution in [3.63, 3.8) is 0 Å². The first-order valence-electron chi connectivity index (χ1n) is 5.02. The van der Waals surface area contributed by atoms with E-state index in [2.05, 4.69) is 31.2 Å². The van der Waals surface area contributed by atoms with E-state index in [0.29, 0.717) is 6.54 Å². The van der Waals surface area contributed by atoms with Gasteiger partial charge in [-0.3, -0.25) is 4.98 Å². The highest BCUT2D eigenvalue weighted by molar-refractivity contribution is 9.10. The fourth-order valence-electron chi connectivity index (χ4n) is 1.39. The maximum Gasteiger partial charge on any atom is 0.140 e. The van der Waals surface area contributed by atoms with Gasteiger partial charge >= 0.3 is 0 Å². The minimum Gasteiger partial charge on any atom is -0.363 e. The molecule has 2 rings (SSSR count). The molecule has 0 aromatic carbocycles. The van der Waals surface area contributed by atoms with Crippen LogP contribution in [-0.2, 0) is 6.54 Å². The average Bonchev–Trinajstić information content (AvgIpc) is 2.28. The number of pyridine rings is 2. The molecule has 0 bridgehead atoms. The molecule has 16 heavy (non-hydrogen) atoms. The Morgan fingerprint density at radius 1 is 1.25 bits per heavy atom. The second-order valence-corrected chi connectivity index (χ2v) is 4.31. The molecule has 0 aliphatic carbocycles. The number of hydrogen-bond acceptors (Lipinski definition) is 3. The van der Waals surface area contributed by atoms with Crippen molar-refractivity contribution in [2.24, 2.45) is 0 Å². The standard InChI is InChI=1S/C12H12BrN3/c1-9-4-2-5-10(16-9)8-15-12-11(13)6-3-7-14-12/h2-7H,8H2,1H3,(H,14,15). The fraction of sp³-hybridized carbons (Fsp3) is 0.167. The summed E-state index contributed by atoms with van der Waals surface area (Å²) in [5.41, 5.74) is 2.04. The largest absolute Gasteiger partial charge is 0.363 e. The van der Waals surface area contributed by atoms with E-state index in [-0.39, 0.29) is 0 Å². The van der Waals surface area contributed by atoms with Crippen LogP contribution in [0.15, 0.2) is 41.0 Å². The first-order valence-corrected chi connectivity index (χ1v) is 5.82. The molecule has 82 valence electrons. The van der Waals surface area contributed by atoms with Crippen molar-refractivity contribution in [3.05, 3.63) is 52.4 Å². The third-order valence-electron chi connectivity index (χ3n) is 2.14. The van der Waals surface area contributed by atoms with E-state index < -0.39 is 0 Å². The maximum absolute atomic E-state index is 4.41. The lowest BCUT2D eigenvalue weighted by Crippen LogP contribution is -2.04. The molecule has 0 spiro atoms. The quantitative estimate of drug-likeness (QED) is 0.937. The zero-order valence-corrected chi connectivity index (χ0v) is 10.5. The van der Waals surface area contributed by atoms with Crippen LogP contribution in [0.3, 0.4) is 0 Å². The Kier molecular flexibility index (Phi) is 3.51. The molecule has 1 N–H and O–H groups in total. The van der Waals surface area contributed by atoms with Crippen molar-refractivity contribution in [2.45, 2.75) is 13.5 Å². The van der Waals surface area contributed by atoms with E-state index in [1.807, 2.05) is 37.3 Å². The van der Waals surface area contributed by atoms with Gasteiger partial charge in [0.1, 0.15) is 5.82 Å². The second-order valence-electron chi connectivity index (χ2n) is 3.46. The van der Waals surface area contributed by atoms with Crippen LogP contribution in [0.1, 0.15) is 11.4 Å². The molecule has 0 unspecified atom stereocenters. The number of anilines is 1. The minimum atomic E-state index is 0.678. The Balaban J connectivity index is 2.05. The highest BCUT2D eigenvalue weighted by Crippen LogP contribution is 2.18. The normalized spacial score (nSPS) is 10.1. The number of aryl methyl sites for hydroxylation is 1. The van der Waals surface area contributed by atoms with Gasteiger partial charge < -0.3 is 5.32 Å². The smallest absolute Gasteiger partial charge is 0.140 e. The summed E-state index contributed by atoms with van der Waals surface area (Å²) < 4.78 is 0.961. The molecule has 0 fully saturated rings. The van der Waals surface area contributed by atoms with Gasteiger partial charge in [-0.25, -0.2) is 4.98 Å². The molecule has 0 radical (unpaired) electrons. The van der Waals surface area contributed by atoms with E-state index in [4.69, 9.17) is 0 Å². The van der Waals surface area contributed by atoms with Gasteiger partial charge in [0.15, 0.2) is 0 Å². The predicted molar refractivity (Wildman–Crippen MR) is 68.2 cm³/mol. The Morgan fingerprint density at radius 2 is 2.12 bits per heavy atom. The van der Waals surface area contributed by atoms with Crippen LogP contribution < -0.4 is 5.32 Å². The Bertz CT molecular complexity index is 485. The first kappa shape index (κ1) is 11.1. The van der Waals surface area contributed by atoms with Gasteiger partial charge in [-0.2, -0.15) is 0 Å². The van der Waals surface area contributed by atoms with Gasteiger partial charge in [0, 0.05) is 11.9 Å². The van der Waals surface area contributed by atoms with E-state index in [1.165, 1.54) is 0 Å². The summed E-state index contributed by atoms with van der Waals surface area (Å²) in [7, 11) is 0. The van der Waals surface area contributed by atoms with Crippen LogP contribution in [0.2, 0.25) is 0 Å². The van der Waals surface area contributed by atoms with Crippen molar-refractivity contribution in [1.82, 2.24) is 9.97 Å². The third-order valence-corrected chi connectivity index (χ3v) is 2.78. The number of nitrogens with zero attached hydrogens (tertiary/aromatic N) is 2. The van der Waals surface area contributed by atoms with Gasteiger partial charge in [0.25, 0.3) is 0 Å². The molecular weight excluding hydrogens is 266 g/mol.